The lowest BCUT2D eigenvalue weighted by molar-refractivity contribution is -0.146. The zero-order valence-electron chi connectivity index (χ0n) is 16.0. The van der Waals surface area contributed by atoms with E-state index in [0.717, 1.165) is 38.5 Å². The second-order valence-electron chi connectivity index (χ2n) is 6.75. The van der Waals surface area contributed by atoms with Crippen LogP contribution in [0.25, 0.3) is 0 Å². The van der Waals surface area contributed by atoms with Crippen molar-refractivity contribution in [2.45, 2.75) is 89.6 Å². The Kier molecular flexibility index (Phi) is 15.9. The molecule has 0 amide bonds. The van der Waals surface area contributed by atoms with E-state index >= 15 is 0 Å². The van der Waals surface area contributed by atoms with E-state index in [0.29, 0.717) is 6.42 Å². The first-order valence-electron chi connectivity index (χ1n) is 9.88. The number of rotatable bonds is 17. The van der Waals surface area contributed by atoms with Crippen LogP contribution >= 0.6 is 0 Å². The number of hydrogen-bond acceptors (Lipinski definition) is 4. The normalized spacial score (nSPS) is 12.5. The van der Waals surface area contributed by atoms with Gasteiger partial charge in [-0.2, -0.15) is 0 Å². The monoisotopic (exact) mass is 354 g/mol. The van der Waals surface area contributed by atoms with E-state index in [1.807, 2.05) is 0 Å². The van der Waals surface area contributed by atoms with Crippen molar-refractivity contribution in [3.05, 3.63) is 24.3 Å². The molecule has 0 fully saturated rings. The molecule has 0 aliphatic carbocycles. The van der Waals surface area contributed by atoms with Gasteiger partial charge in [0.2, 0.25) is 0 Å². The molecule has 0 spiro atoms. The first kappa shape index (κ1) is 24.0. The maximum atomic E-state index is 11.7. The van der Waals surface area contributed by atoms with E-state index < -0.39 is 24.6 Å². The molecule has 4 nitrogen and oxygen atoms in total. The van der Waals surface area contributed by atoms with Gasteiger partial charge < -0.3 is 15.3 Å². The molecule has 0 aromatic heterocycles. The maximum absolute atomic E-state index is 11.7. The minimum Gasteiger partial charge on any atom is -0.393 e. The molecule has 0 saturated carbocycles. The topological polar surface area (TPSA) is 77.8 Å². The summed E-state index contributed by atoms with van der Waals surface area (Å²) in [6.45, 7) is 0.783. The van der Waals surface area contributed by atoms with E-state index in [-0.39, 0.29) is 6.42 Å². The van der Waals surface area contributed by atoms with E-state index in [2.05, 4.69) is 31.2 Å². The van der Waals surface area contributed by atoms with Crippen molar-refractivity contribution in [3.8, 4) is 0 Å². The van der Waals surface area contributed by atoms with Crippen molar-refractivity contribution in [2.75, 3.05) is 13.2 Å². The van der Waals surface area contributed by atoms with Gasteiger partial charge in [-0.15, -0.1) is 0 Å². The van der Waals surface area contributed by atoms with Crippen LogP contribution in [0.2, 0.25) is 0 Å². The predicted molar refractivity (Wildman–Crippen MR) is 103 cm³/mol. The summed E-state index contributed by atoms with van der Waals surface area (Å²) in [6, 6.07) is 0. The van der Waals surface area contributed by atoms with Crippen LogP contribution in [-0.2, 0) is 4.79 Å². The Morgan fingerprint density at radius 1 is 0.800 bits per heavy atom. The van der Waals surface area contributed by atoms with Crippen LogP contribution < -0.4 is 0 Å². The molecule has 0 aliphatic heterocycles. The Balaban J connectivity index is 3.47. The summed E-state index contributed by atoms with van der Waals surface area (Å²) in [5.41, 5.74) is -1.96. The lowest BCUT2D eigenvalue weighted by atomic mass is 9.95. The fraction of sp³-hybridized carbons (Fsp3) is 0.762. The Hall–Kier alpha value is -0.970. The van der Waals surface area contributed by atoms with Crippen LogP contribution in [0.5, 0.6) is 0 Å². The molecule has 25 heavy (non-hydrogen) atoms. The Morgan fingerprint density at radius 2 is 1.32 bits per heavy atom. The molecule has 0 aromatic carbocycles. The van der Waals surface area contributed by atoms with Crippen LogP contribution in [0.15, 0.2) is 24.3 Å². The van der Waals surface area contributed by atoms with E-state index in [1.54, 1.807) is 0 Å². The highest BCUT2D eigenvalue weighted by atomic mass is 16.4. The number of ketones is 1. The number of Topliss-reactive ketones (excluding diaryl/α,β-unsaturated/α-hetero) is 1. The molecule has 0 aromatic rings. The van der Waals surface area contributed by atoms with Crippen LogP contribution in [0.1, 0.15) is 84.0 Å². The molecule has 0 radical (unpaired) electrons. The highest BCUT2D eigenvalue weighted by Crippen LogP contribution is 2.13. The van der Waals surface area contributed by atoms with Crippen LogP contribution in [0.4, 0.5) is 0 Å². The second-order valence-corrected chi connectivity index (χ2v) is 6.75. The Morgan fingerprint density at radius 3 is 1.88 bits per heavy atom. The van der Waals surface area contributed by atoms with Gasteiger partial charge in [0.05, 0.1) is 13.2 Å². The zero-order valence-corrected chi connectivity index (χ0v) is 16.0. The third kappa shape index (κ3) is 13.0. The molecular formula is C21H38O4. The summed E-state index contributed by atoms with van der Waals surface area (Å²) in [5, 5.41) is 27.5. The molecule has 3 N–H and O–H groups in total. The van der Waals surface area contributed by atoms with Crippen molar-refractivity contribution >= 4 is 5.78 Å². The standard InChI is InChI=1S/C21H38O4/c1-2-3-4-5-6-7-8-9-10-11-12-13-14-15-16-17-20(24)21(25,18-22)19-23/h6-7,9-10,22-23,25H,2-5,8,11-19H2,1H3/b7-6-,10-9-. The van der Waals surface area contributed by atoms with Gasteiger partial charge in [0.15, 0.2) is 11.4 Å². The molecule has 146 valence electrons. The van der Waals surface area contributed by atoms with E-state index in [1.165, 1.54) is 25.7 Å². The summed E-state index contributed by atoms with van der Waals surface area (Å²) in [7, 11) is 0. The first-order chi connectivity index (χ1) is 12.1. The van der Waals surface area contributed by atoms with Crippen molar-refractivity contribution in [1.29, 1.82) is 0 Å². The van der Waals surface area contributed by atoms with Gasteiger partial charge in [-0.25, -0.2) is 0 Å². The number of unbranched alkanes of at least 4 members (excludes halogenated alkanes) is 8. The number of carbonyl (C=O) groups is 1. The summed E-state index contributed by atoms with van der Waals surface area (Å²) in [5.74, 6) is -0.469. The Bertz CT molecular complexity index is 370. The smallest absolute Gasteiger partial charge is 0.169 e. The highest BCUT2D eigenvalue weighted by molar-refractivity contribution is 5.87. The van der Waals surface area contributed by atoms with Crippen LogP contribution in [0.3, 0.4) is 0 Å². The number of allylic oxidation sites excluding steroid dienone is 4. The largest absolute Gasteiger partial charge is 0.393 e. The van der Waals surface area contributed by atoms with Crippen LogP contribution in [-0.4, -0.2) is 39.9 Å². The van der Waals surface area contributed by atoms with Gasteiger partial charge in [0.25, 0.3) is 0 Å². The maximum Gasteiger partial charge on any atom is 0.169 e. The molecule has 0 atom stereocenters. The lowest BCUT2D eigenvalue weighted by Crippen LogP contribution is -2.45. The van der Waals surface area contributed by atoms with Gasteiger partial charge in [-0.3, -0.25) is 4.79 Å². The fourth-order valence-electron chi connectivity index (χ4n) is 2.56. The predicted octanol–water partition coefficient (Wildman–Crippen LogP) is 4.08. The number of hydrogen-bond donors (Lipinski definition) is 3. The van der Waals surface area contributed by atoms with Crippen molar-refractivity contribution in [1.82, 2.24) is 0 Å². The summed E-state index contributed by atoms with van der Waals surface area (Å²) < 4.78 is 0. The second kappa shape index (κ2) is 16.5. The summed E-state index contributed by atoms with van der Waals surface area (Å²) >= 11 is 0. The third-order valence-corrected chi connectivity index (χ3v) is 4.40. The molecule has 0 unspecified atom stereocenters. The van der Waals surface area contributed by atoms with Gasteiger partial charge in [0.1, 0.15) is 0 Å². The minimum atomic E-state index is -1.96. The molecule has 0 bridgehead atoms. The van der Waals surface area contributed by atoms with Crippen molar-refractivity contribution in [3.63, 3.8) is 0 Å². The van der Waals surface area contributed by atoms with Gasteiger partial charge in [0, 0.05) is 6.42 Å². The molecular weight excluding hydrogens is 316 g/mol. The van der Waals surface area contributed by atoms with Crippen molar-refractivity contribution < 1.29 is 20.1 Å². The average molecular weight is 355 g/mol. The SMILES string of the molecule is CCCCC/C=C\C/C=C\CCCCCCCC(=O)C(O)(CO)CO. The zero-order chi connectivity index (χ0) is 18.8. The highest BCUT2D eigenvalue weighted by Gasteiger charge is 2.33. The van der Waals surface area contributed by atoms with Gasteiger partial charge in [-0.1, -0.05) is 63.3 Å². The Labute approximate surface area is 153 Å². The molecule has 0 heterocycles. The average Bonchev–Trinajstić information content (AvgIpc) is 2.63. The van der Waals surface area contributed by atoms with E-state index in [9.17, 15) is 9.90 Å². The summed E-state index contributed by atoms with van der Waals surface area (Å²) in [6.07, 6.45) is 21.4. The number of aliphatic hydroxyl groups is 3. The lowest BCUT2D eigenvalue weighted by Gasteiger charge is -2.21. The third-order valence-electron chi connectivity index (χ3n) is 4.40. The quantitative estimate of drug-likeness (QED) is 0.272. The molecule has 0 rings (SSSR count). The molecule has 0 saturated heterocycles. The van der Waals surface area contributed by atoms with E-state index in [4.69, 9.17) is 10.2 Å². The minimum absolute atomic E-state index is 0.210. The first-order valence-corrected chi connectivity index (χ1v) is 9.88. The number of carbonyl (C=O) groups excluding carboxylic acids is 1. The van der Waals surface area contributed by atoms with Gasteiger partial charge in [-0.05, 0) is 38.5 Å². The fourth-order valence-corrected chi connectivity index (χ4v) is 2.56. The molecule has 4 heteroatoms. The molecule has 0 aliphatic rings. The van der Waals surface area contributed by atoms with Crippen LogP contribution in [0, 0.1) is 0 Å². The number of aliphatic hydroxyl groups excluding tert-OH is 2. The van der Waals surface area contributed by atoms with Crippen molar-refractivity contribution in [2.24, 2.45) is 0 Å². The van der Waals surface area contributed by atoms with Gasteiger partial charge >= 0.3 is 0 Å². The summed E-state index contributed by atoms with van der Waals surface area (Å²) in [4.78, 5) is 11.7.